The van der Waals surface area contributed by atoms with Crippen molar-refractivity contribution in [3.8, 4) is 0 Å². The molecule has 0 radical (unpaired) electrons. The second kappa shape index (κ2) is 6.32. The van der Waals surface area contributed by atoms with Crippen molar-refractivity contribution in [2.24, 2.45) is 0 Å². The SMILES string of the molecule is CCNc1cc(NC(C)c2ccccc2F)nc(C)n1. The second-order valence-electron chi connectivity index (χ2n) is 4.60. The third-order valence-corrected chi connectivity index (χ3v) is 2.93. The average molecular weight is 274 g/mol. The lowest BCUT2D eigenvalue weighted by Crippen LogP contribution is -2.11. The van der Waals surface area contributed by atoms with Gasteiger partial charge in [0.15, 0.2) is 0 Å². The van der Waals surface area contributed by atoms with Crippen molar-refractivity contribution in [3.63, 3.8) is 0 Å². The number of hydrogen-bond donors (Lipinski definition) is 2. The molecule has 0 saturated heterocycles. The molecule has 1 aromatic carbocycles. The molecule has 2 N–H and O–H groups in total. The predicted molar refractivity (Wildman–Crippen MR) is 79.4 cm³/mol. The number of nitrogens with zero attached hydrogens (tertiary/aromatic N) is 2. The van der Waals surface area contributed by atoms with Gasteiger partial charge in [0.1, 0.15) is 23.3 Å². The lowest BCUT2D eigenvalue weighted by molar-refractivity contribution is 0.600. The highest BCUT2D eigenvalue weighted by molar-refractivity contribution is 5.48. The van der Waals surface area contributed by atoms with E-state index in [-0.39, 0.29) is 11.9 Å². The average Bonchev–Trinajstić information content (AvgIpc) is 2.38. The molecule has 0 aliphatic carbocycles. The zero-order valence-electron chi connectivity index (χ0n) is 11.9. The van der Waals surface area contributed by atoms with Crippen LogP contribution in [0.3, 0.4) is 0 Å². The molecular weight excluding hydrogens is 255 g/mol. The fourth-order valence-electron chi connectivity index (χ4n) is 2.04. The Morgan fingerprint density at radius 2 is 1.90 bits per heavy atom. The molecule has 20 heavy (non-hydrogen) atoms. The maximum absolute atomic E-state index is 13.7. The summed E-state index contributed by atoms with van der Waals surface area (Å²) in [4.78, 5) is 8.61. The van der Waals surface area contributed by atoms with Crippen molar-refractivity contribution >= 4 is 11.6 Å². The normalized spacial score (nSPS) is 12.0. The first kappa shape index (κ1) is 14.2. The summed E-state index contributed by atoms with van der Waals surface area (Å²) >= 11 is 0. The first-order chi connectivity index (χ1) is 9.60. The van der Waals surface area contributed by atoms with E-state index < -0.39 is 0 Å². The summed E-state index contributed by atoms with van der Waals surface area (Å²) < 4.78 is 13.7. The lowest BCUT2D eigenvalue weighted by atomic mass is 10.1. The summed E-state index contributed by atoms with van der Waals surface area (Å²) in [6.45, 7) is 6.54. The van der Waals surface area contributed by atoms with E-state index in [1.807, 2.05) is 32.9 Å². The maximum Gasteiger partial charge on any atom is 0.132 e. The fraction of sp³-hybridized carbons (Fsp3) is 0.333. The van der Waals surface area contributed by atoms with Gasteiger partial charge >= 0.3 is 0 Å². The minimum absolute atomic E-state index is 0.167. The topological polar surface area (TPSA) is 49.8 Å². The van der Waals surface area contributed by atoms with Gasteiger partial charge in [-0.25, -0.2) is 14.4 Å². The Hall–Kier alpha value is -2.17. The van der Waals surface area contributed by atoms with Gasteiger partial charge in [0.05, 0.1) is 6.04 Å². The van der Waals surface area contributed by atoms with Crippen LogP contribution in [-0.4, -0.2) is 16.5 Å². The van der Waals surface area contributed by atoms with Gasteiger partial charge in [0, 0.05) is 18.2 Å². The zero-order valence-corrected chi connectivity index (χ0v) is 11.9. The summed E-state index contributed by atoms with van der Waals surface area (Å²) in [5.41, 5.74) is 0.619. The van der Waals surface area contributed by atoms with Crippen molar-refractivity contribution < 1.29 is 4.39 Å². The number of aryl methyl sites for hydroxylation is 1. The molecule has 0 aliphatic rings. The van der Waals surface area contributed by atoms with E-state index in [0.29, 0.717) is 17.2 Å². The quantitative estimate of drug-likeness (QED) is 0.875. The molecule has 0 bridgehead atoms. The number of rotatable bonds is 5. The highest BCUT2D eigenvalue weighted by Gasteiger charge is 2.11. The number of nitrogens with one attached hydrogen (secondary N) is 2. The van der Waals surface area contributed by atoms with Gasteiger partial charge in [-0.05, 0) is 26.8 Å². The van der Waals surface area contributed by atoms with E-state index >= 15 is 0 Å². The fourth-order valence-corrected chi connectivity index (χ4v) is 2.04. The van der Waals surface area contributed by atoms with Crippen molar-refractivity contribution in [3.05, 3.63) is 47.5 Å². The van der Waals surface area contributed by atoms with E-state index in [9.17, 15) is 4.39 Å². The Labute approximate surface area is 118 Å². The van der Waals surface area contributed by atoms with Gasteiger partial charge < -0.3 is 10.6 Å². The number of benzene rings is 1. The van der Waals surface area contributed by atoms with Crippen molar-refractivity contribution in [2.75, 3.05) is 17.2 Å². The van der Waals surface area contributed by atoms with Crippen LogP contribution in [0.2, 0.25) is 0 Å². The molecule has 1 heterocycles. The number of aromatic nitrogens is 2. The summed E-state index contributed by atoms with van der Waals surface area (Å²) in [6.07, 6.45) is 0. The van der Waals surface area contributed by atoms with E-state index in [2.05, 4.69) is 20.6 Å². The van der Waals surface area contributed by atoms with Crippen LogP contribution in [0, 0.1) is 12.7 Å². The van der Waals surface area contributed by atoms with E-state index in [0.717, 1.165) is 12.4 Å². The molecule has 0 saturated carbocycles. The summed E-state index contributed by atoms with van der Waals surface area (Å²) in [6, 6.07) is 8.40. The predicted octanol–water partition coefficient (Wildman–Crippen LogP) is 3.53. The van der Waals surface area contributed by atoms with E-state index in [1.165, 1.54) is 6.07 Å². The molecule has 4 nitrogen and oxygen atoms in total. The molecule has 0 spiro atoms. The van der Waals surface area contributed by atoms with Crippen LogP contribution in [0.15, 0.2) is 30.3 Å². The van der Waals surface area contributed by atoms with E-state index in [1.54, 1.807) is 12.1 Å². The zero-order chi connectivity index (χ0) is 14.5. The van der Waals surface area contributed by atoms with Gasteiger partial charge in [0.2, 0.25) is 0 Å². The van der Waals surface area contributed by atoms with Crippen LogP contribution in [0.25, 0.3) is 0 Å². The standard InChI is InChI=1S/C15H19FN4/c1-4-17-14-9-15(20-11(3)19-14)18-10(2)12-7-5-6-8-13(12)16/h5-10H,4H2,1-3H3,(H2,17,18,19,20). The third kappa shape index (κ3) is 3.44. The maximum atomic E-state index is 13.7. The van der Waals surface area contributed by atoms with Gasteiger partial charge in [-0.2, -0.15) is 0 Å². The molecule has 1 unspecified atom stereocenters. The molecular formula is C15H19FN4. The second-order valence-corrected chi connectivity index (χ2v) is 4.60. The molecule has 1 atom stereocenters. The largest absolute Gasteiger partial charge is 0.370 e. The third-order valence-electron chi connectivity index (χ3n) is 2.93. The molecule has 2 rings (SSSR count). The van der Waals surface area contributed by atoms with Crippen molar-refractivity contribution in [1.82, 2.24) is 9.97 Å². The minimum atomic E-state index is -0.217. The van der Waals surface area contributed by atoms with Crippen molar-refractivity contribution in [1.29, 1.82) is 0 Å². The number of hydrogen-bond acceptors (Lipinski definition) is 4. The lowest BCUT2D eigenvalue weighted by Gasteiger charge is -2.16. The van der Waals surface area contributed by atoms with Crippen LogP contribution < -0.4 is 10.6 Å². The smallest absolute Gasteiger partial charge is 0.132 e. The highest BCUT2D eigenvalue weighted by atomic mass is 19.1. The monoisotopic (exact) mass is 274 g/mol. The molecule has 1 aromatic heterocycles. The molecule has 2 aromatic rings. The number of anilines is 2. The molecule has 5 heteroatoms. The molecule has 0 amide bonds. The van der Waals surface area contributed by atoms with Crippen LogP contribution in [0.5, 0.6) is 0 Å². The summed E-state index contributed by atoms with van der Waals surface area (Å²) in [5, 5.41) is 6.36. The van der Waals surface area contributed by atoms with Crippen LogP contribution in [0.1, 0.15) is 31.3 Å². The molecule has 0 aliphatic heterocycles. The Balaban J connectivity index is 2.19. The summed E-state index contributed by atoms with van der Waals surface area (Å²) in [7, 11) is 0. The molecule has 0 fully saturated rings. The molecule has 106 valence electrons. The summed E-state index contributed by atoms with van der Waals surface area (Å²) in [5.74, 6) is 1.91. The number of halogens is 1. The van der Waals surface area contributed by atoms with E-state index in [4.69, 9.17) is 0 Å². The Bertz CT molecular complexity index is 586. The first-order valence-corrected chi connectivity index (χ1v) is 6.70. The van der Waals surface area contributed by atoms with Crippen LogP contribution in [-0.2, 0) is 0 Å². The van der Waals surface area contributed by atoms with Crippen LogP contribution >= 0.6 is 0 Å². The van der Waals surface area contributed by atoms with Gasteiger partial charge in [-0.15, -0.1) is 0 Å². The Kier molecular flexibility index (Phi) is 4.50. The van der Waals surface area contributed by atoms with Gasteiger partial charge in [-0.3, -0.25) is 0 Å². The van der Waals surface area contributed by atoms with Gasteiger partial charge in [-0.1, -0.05) is 18.2 Å². The highest BCUT2D eigenvalue weighted by Crippen LogP contribution is 2.21. The Morgan fingerprint density at radius 3 is 2.60 bits per heavy atom. The first-order valence-electron chi connectivity index (χ1n) is 6.70. The van der Waals surface area contributed by atoms with Crippen molar-refractivity contribution in [2.45, 2.75) is 26.8 Å². The van der Waals surface area contributed by atoms with Crippen LogP contribution in [0.4, 0.5) is 16.0 Å². The minimum Gasteiger partial charge on any atom is -0.370 e. The Morgan fingerprint density at radius 1 is 1.20 bits per heavy atom. The van der Waals surface area contributed by atoms with Gasteiger partial charge in [0.25, 0.3) is 0 Å².